The molecule has 1 N–H and O–H groups in total. The molecule has 0 amide bonds. The Kier molecular flexibility index (Phi) is 2.95. The first-order chi connectivity index (χ1) is 7.83. The molecule has 0 aliphatic rings. The number of methoxy groups -OCH3 is 1. The van der Waals surface area contributed by atoms with E-state index < -0.39 is 0 Å². The van der Waals surface area contributed by atoms with Gasteiger partial charge in [-0.25, -0.2) is 15.0 Å². The van der Waals surface area contributed by atoms with Crippen LogP contribution in [0.2, 0.25) is 0 Å². The van der Waals surface area contributed by atoms with Crippen molar-refractivity contribution in [2.75, 3.05) is 19.5 Å². The summed E-state index contributed by atoms with van der Waals surface area (Å²) in [6, 6.07) is 7.28. The molecule has 2 aromatic rings. The molecule has 0 fully saturated rings. The fourth-order valence-corrected chi connectivity index (χ4v) is 1.27. The fourth-order valence-electron chi connectivity index (χ4n) is 1.27. The summed E-state index contributed by atoms with van der Waals surface area (Å²) < 4.78 is 5.05. The highest BCUT2D eigenvalue weighted by Crippen LogP contribution is 2.16. The first-order valence-corrected chi connectivity index (χ1v) is 4.85. The van der Waals surface area contributed by atoms with Gasteiger partial charge in [0.2, 0.25) is 5.88 Å². The second-order valence-electron chi connectivity index (χ2n) is 3.08. The molecule has 0 aliphatic carbocycles. The summed E-state index contributed by atoms with van der Waals surface area (Å²) in [6.07, 6.45) is 1.69. The van der Waals surface area contributed by atoms with E-state index in [2.05, 4.69) is 20.3 Å². The molecule has 0 atom stereocenters. The van der Waals surface area contributed by atoms with Crippen molar-refractivity contribution in [3.05, 3.63) is 30.5 Å². The number of hydrogen-bond donors (Lipinski definition) is 1. The quantitative estimate of drug-likeness (QED) is 0.844. The Hall–Kier alpha value is -2.17. The molecule has 5 nitrogen and oxygen atoms in total. The van der Waals surface area contributed by atoms with Crippen molar-refractivity contribution in [3.63, 3.8) is 0 Å². The molecule has 0 spiro atoms. The maximum atomic E-state index is 5.05. The maximum absolute atomic E-state index is 5.05. The van der Waals surface area contributed by atoms with Gasteiger partial charge in [0.1, 0.15) is 11.5 Å². The molecule has 82 valence electrons. The molecular weight excluding hydrogens is 204 g/mol. The van der Waals surface area contributed by atoms with Gasteiger partial charge in [-0.2, -0.15) is 0 Å². The number of pyridine rings is 1. The molecule has 0 aliphatic heterocycles. The van der Waals surface area contributed by atoms with Crippen LogP contribution in [0.15, 0.2) is 30.5 Å². The predicted octanol–water partition coefficient (Wildman–Crippen LogP) is 1.59. The Morgan fingerprint density at radius 3 is 2.81 bits per heavy atom. The molecule has 0 saturated heterocycles. The van der Waals surface area contributed by atoms with E-state index in [0.29, 0.717) is 17.4 Å². The minimum absolute atomic E-state index is 0.552. The van der Waals surface area contributed by atoms with Crippen molar-refractivity contribution < 1.29 is 4.74 Å². The van der Waals surface area contributed by atoms with Gasteiger partial charge in [0.15, 0.2) is 5.82 Å². The van der Waals surface area contributed by atoms with Crippen molar-refractivity contribution in [2.45, 2.75) is 0 Å². The number of ether oxygens (including phenoxy) is 1. The van der Waals surface area contributed by atoms with Crippen molar-refractivity contribution in [2.24, 2.45) is 0 Å². The Morgan fingerprint density at radius 2 is 2.06 bits per heavy atom. The van der Waals surface area contributed by atoms with Gasteiger partial charge >= 0.3 is 0 Å². The lowest BCUT2D eigenvalue weighted by Crippen LogP contribution is -1.97. The fraction of sp³-hybridized carbons (Fsp3) is 0.182. The molecule has 5 heteroatoms. The molecule has 0 aromatic carbocycles. The second kappa shape index (κ2) is 4.57. The molecule has 0 unspecified atom stereocenters. The third-order valence-electron chi connectivity index (χ3n) is 2.07. The van der Waals surface area contributed by atoms with Crippen LogP contribution in [0.5, 0.6) is 5.88 Å². The van der Waals surface area contributed by atoms with Crippen LogP contribution in [-0.2, 0) is 0 Å². The van der Waals surface area contributed by atoms with E-state index in [1.54, 1.807) is 25.4 Å². The second-order valence-corrected chi connectivity index (χ2v) is 3.08. The average Bonchev–Trinajstić information content (AvgIpc) is 2.39. The van der Waals surface area contributed by atoms with E-state index in [4.69, 9.17) is 4.74 Å². The van der Waals surface area contributed by atoms with E-state index in [1.807, 2.05) is 19.2 Å². The lowest BCUT2D eigenvalue weighted by Gasteiger charge is -2.03. The average molecular weight is 216 g/mol. The summed E-state index contributed by atoms with van der Waals surface area (Å²) >= 11 is 0. The lowest BCUT2D eigenvalue weighted by molar-refractivity contribution is 0.398. The minimum atomic E-state index is 0.552. The summed E-state index contributed by atoms with van der Waals surface area (Å²) in [7, 11) is 3.39. The van der Waals surface area contributed by atoms with Crippen LogP contribution in [0, 0.1) is 0 Å². The highest BCUT2D eigenvalue weighted by molar-refractivity contribution is 5.52. The van der Waals surface area contributed by atoms with Crippen molar-refractivity contribution >= 4 is 5.82 Å². The van der Waals surface area contributed by atoms with E-state index in [0.717, 1.165) is 5.82 Å². The Labute approximate surface area is 93.5 Å². The van der Waals surface area contributed by atoms with E-state index in [1.165, 1.54) is 0 Å². The van der Waals surface area contributed by atoms with Gasteiger partial charge in [-0.15, -0.1) is 0 Å². The molecule has 16 heavy (non-hydrogen) atoms. The number of rotatable bonds is 3. The van der Waals surface area contributed by atoms with Crippen LogP contribution in [-0.4, -0.2) is 29.1 Å². The van der Waals surface area contributed by atoms with Crippen molar-refractivity contribution in [1.82, 2.24) is 15.0 Å². The maximum Gasteiger partial charge on any atom is 0.213 e. The SMILES string of the molecule is CNc1ccnc(-c2cccc(OC)n2)n1. The number of nitrogens with zero attached hydrogens (tertiary/aromatic N) is 3. The van der Waals surface area contributed by atoms with Gasteiger partial charge < -0.3 is 10.1 Å². The zero-order valence-electron chi connectivity index (χ0n) is 9.14. The lowest BCUT2D eigenvalue weighted by atomic mass is 10.3. The first kappa shape index (κ1) is 10.4. The summed E-state index contributed by atoms with van der Waals surface area (Å²) in [5.74, 6) is 1.89. The molecule has 2 rings (SSSR count). The van der Waals surface area contributed by atoms with Gasteiger partial charge in [0.25, 0.3) is 0 Å². The molecule has 2 heterocycles. The molecule has 0 radical (unpaired) electrons. The van der Waals surface area contributed by atoms with E-state index in [9.17, 15) is 0 Å². The van der Waals surface area contributed by atoms with Gasteiger partial charge in [-0.05, 0) is 12.1 Å². The predicted molar refractivity (Wildman–Crippen MR) is 61.4 cm³/mol. The third-order valence-corrected chi connectivity index (χ3v) is 2.07. The zero-order valence-corrected chi connectivity index (χ0v) is 9.14. The normalized spacial score (nSPS) is 9.88. The van der Waals surface area contributed by atoms with Gasteiger partial charge in [-0.3, -0.25) is 0 Å². The van der Waals surface area contributed by atoms with Crippen LogP contribution in [0.4, 0.5) is 5.82 Å². The standard InChI is InChI=1S/C11H12N4O/c1-12-9-6-7-13-11(15-9)8-4-3-5-10(14-8)16-2/h3-7H,1-2H3,(H,12,13,15). The number of nitrogens with one attached hydrogen (secondary N) is 1. The van der Waals surface area contributed by atoms with Crippen LogP contribution in [0.1, 0.15) is 0 Å². The van der Waals surface area contributed by atoms with Gasteiger partial charge in [0.05, 0.1) is 7.11 Å². The summed E-state index contributed by atoms with van der Waals surface area (Å²) in [5.41, 5.74) is 0.691. The van der Waals surface area contributed by atoms with Crippen LogP contribution < -0.4 is 10.1 Å². The minimum Gasteiger partial charge on any atom is -0.481 e. The molecule has 0 saturated carbocycles. The molecular formula is C11H12N4O. The smallest absolute Gasteiger partial charge is 0.213 e. The number of anilines is 1. The summed E-state index contributed by atoms with van der Waals surface area (Å²) in [4.78, 5) is 12.7. The van der Waals surface area contributed by atoms with Crippen LogP contribution in [0.25, 0.3) is 11.5 Å². The summed E-state index contributed by atoms with van der Waals surface area (Å²) in [6.45, 7) is 0. The number of hydrogen-bond acceptors (Lipinski definition) is 5. The third kappa shape index (κ3) is 2.08. The van der Waals surface area contributed by atoms with Gasteiger partial charge in [-0.1, -0.05) is 6.07 Å². The van der Waals surface area contributed by atoms with Crippen LogP contribution in [0.3, 0.4) is 0 Å². The molecule has 0 bridgehead atoms. The first-order valence-electron chi connectivity index (χ1n) is 4.85. The Bertz CT molecular complexity index is 441. The van der Waals surface area contributed by atoms with Crippen molar-refractivity contribution in [3.8, 4) is 17.4 Å². The molecule has 2 aromatic heterocycles. The van der Waals surface area contributed by atoms with E-state index >= 15 is 0 Å². The zero-order chi connectivity index (χ0) is 11.4. The highest BCUT2D eigenvalue weighted by atomic mass is 16.5. The largest absolute Gasteiger partial charge is 0.481 e. The van der Waals surface area contributed by atoms with Crippen molar-refractivity contribution in [1.29, 1.82) is 0 Å². The van der Waals surface area contributed by atoms with Crippen LogP contribution >= 0.6 is 0 Å². The monoisotopic (exact) mass is 216 g/mol. The highest BCUT2D eigenvalue weighted by Gasteiger charge is 2.04. The Balaban J connectivity index is 2.41. The van der Waals surface area contributed by atoms with E-state index in [-0.39, 0.29) is 0 Å². The number of aromatic nitrogens is 3. The Morgan fingerprint density at radius 1 is 1.19 bits per heavy atom. The topological polar surface area (TPSA) is 59.9 Å². The summed E-state index contributed by atoms with van der Waals surface area (Å²) in [5, 5.41) is 2.96. The van der Waals surface area contributed by atoms with Gasteiger partial charge in [0, 0.05) is 19.3 Å².